The maximum atomic E-state index is 12.0. The highest BCUT2D eigenvalue weighted by Crippen LogP contribution is 2.22. The van der Waals surface area contributed by atoms with E-state index in [2.05, 4.69) is 21.2 Å². The van der Waals surface area contributed by atoms with E-state index < -0.39 is 18.0 Å². The van der Waals surface area contributed by atoms with Crippen LogP contribution >= 0.6 is 27.3 Å². The lowest BCUT2D eigenvalue weighted by Gasteiger charge is -2.11. The minimum Gasteiger partial charge on any atom is -0.449 e. The van der Waals surface area contributed by atoms with Crippen molar-refractivity contribution in [3.8, 4) is 6.07 Å². The summed E-state index contributed by atoms with van der Waals surface area (Å²) >= 11 is 4.56. The van der Waals surface area contributed by atoms with Crippen LogP contribution < -0.4 is 5.32 Å². The fraction of sp³-hybridized carbons (Fsp3) is 0.118. The molecule has 0 radical (unpaired) electrons. The molecule has 1 aromatic carbocycles. The number of benzene rings is 1. The third-order valence-corrected chi connectivity index (χ3v) is 4.32. The zero-order valence-electron chi connectivity index (χ0n) is 12.7. The molecule has 0 bridgehead atoms. The van der Waals surface area contributed by atoms with E-state index in [1.54, 1.807) is 17.5 Å². The van der Waals surface area contributed by atoms with E-state index in [0.29, 0.717) is 10.6 Å². The SMILES string of the molecule is C[C@@H](OC(=O)/C=C/c1ccc(Br)cc1)C(=O)Nc1sccc1C#N. The number of carbonyl (C=O) groups excluding carboxylic acids is 2. The highest BCUT2D eigenvalue weighted by atomic mass is 79.9. The first-order valence-electron chi connectivity index (χ1n) is 6.92. The summed E-state index contributed by atoms with van der Waals surface area (Å²) < 4.78 is 6.00. The summed E-state index contributed by atoms with van der Waals surface area (Å²) in [5, 5.41) is 13.6. The number of halogens is 1. The van der Waals surface area contributed by atoms with E-state index in [-0.39, 0.29) is 0 Å². The monoisotopic (exact) mass is 404 g/mol. The Bertz CT molecular complexity index is 806. The van der Waals surface area contributed by atoms with E-state index in [1.165, 1.54) is 24.3 Å². The minimum absolute atomic E-state index is 0.377. The van der Waals surface area contributed by atoms with Crippen LogP contribution in [0.5, 0.6) is 0 Å². The molecule has 1 N–H and O–H groups in total. The van der Waals surface area contributed by atoms with Gasteiger partial charge in [0.15, 0.2) is 6.10 Å². The number of nitrogens with one attached hydrogen (secondary N) is 1. The van der Waals surface area contributed by atoms with Crippen LogP contribution in [0.25, 0.3) is 6.08 Å². The molecule has 0 aliphatic carbocycles. The van der Waals surface area contributed by atoms with Crippen LogP contribution in [0.15, 0.2) is 46.3 Å². The van der Waals surface area contributed by atoms with Gasteiger partial charge in [-0.05, 0) is 42.1 Å². The Morgan fingerprint density at radius 3 is 2.71 bits per heavy atom. The summed E-state index contributed by atoms with van der Waals surface area (Å²) in [5.41, 5.74) is 1.21. The molecule has 2 aromatic rings. The molecule has 0 fully saturated rings. The number of hydrogen-bond donors (Lipinski definition) is 1. The number of ether oxygens (including phenoxy) is 1. The molecule has 1 atom stereocenters. The van der Waals surface area contributed by atoms with Crippen LogP contribution in [0, 0.1) is 11.3 Å². The highest BCUT2D eigenvalue weighted by molar-refractivity contribution is 9.10. The van der Waals surface area contributed by atoms with Gasteiger partial charge in [-0.3, -0.25) is 4.79 Å². The number of hydrogen-bond acceptors (Lipinski definition) is 5. The lowest BCUT2D eigenvalue weighted by molar-refractivity contribution is -0.148. The van der Waals surface area contributed by atoms with Crippen molar-refractivity contribution in [2.24, 2.45) is 0 Å². The van der Waals surface area contributed by atoms with Gasteiger partial charge in [0.1, 0.15) is 11.1 Å². The third-order valence-electron chi connectivity index (χ3n) is 2.97. The Morgan fingerprint density at radius 2 is 2.04 bits per heavy atom. The van der Waals surface area contributed by atoms with Gasteiger partial charge in [0.25, 0.3) is 5.91 Å². The molecular weight excluding hydrogens is 392 g/mol. The smallest absolute Gasteiger partial charge is 0.331 e. The zero-order chi connectivity index (χ0) is 17.5. The van der Waals surface area contributed by atoms with Crippen molar-refractivity contribution in [2.75, 3.05) is 5.32 Å². The molecule has 5 nitrogen and oxygen atoms in total. The molecule has 122 valence electrons. The summed E-state index contributed by atoms with van der Waals surface area (Å²) in [5.74, 6) is -1.11. The molecular formula is C17H13BrN2O3S. The molecule has 1 heterocycles. The molecule has 24 heavy (non-hydrogen) atoms. The molecule has 0 unspecified atom stereocenters. The molecule has 0 spiro atoms. The largest absolute Gasteiger partial charge is 0.449 e. The van der Waals surface area contributed by atoms with Gasteiger partial charge in [-0.15, -0.1) is 11.3 Å². The van der Waals surface area contributed by atoms with Crippen LogP contribution in [-0.4, -0.2) is 18.0 Å². The topological polar surface area (TPSA) is 79.2 Å². The van der Waals surface area contributed by atoms with Crippen LogP contribution in [0.4, 0.5) is 5.00 Å². The summed E-state index contributed by atoms with van der Waals surface area (Å²) in [6.45, 7) is 1.47. The van der Waals surface area contributed by atoms with Crippen molar-refractivity contribution < 1.29 is 14.3 Å². The van der Waals surface area contributed by atoms with Crippen molar-refractivity contribution in [3.63, 3.8) is 0 Å². The second kappa shape index (κ2) is 8.43. The number of nitrogens with zero attached hydrogens (tertiary/aromatic N) is 1. The van der Waals surface area contributed by atoms with Crippen LogP contribution in [-0.2, 0) is 14.3 Å². The van der Waals surface area contributed by atoms with Gasteiger partial charge in [-0.2, -0.15) is 5.26 Å². The van der Waals surface area contributed by atoms with Crippen molar-refractivity contribution >= 4 is 50.2 Å². The Morgan fingerprint density at radius 1 is 1.33 bits per heavy atom. The van der Waals surface area contributed by atoms with E-state index in [0.717, 1.165) is 10.0 Å². The lowest BCUT2D eigenvalue weighted by Crippen LogP contribution is -2.29. The summed E-state index contributed by atoms with van der Waals surface area (Å²) in [4.78, 5) is 23.8. The maximum Gasteiger partial charge on any atom is 0.331 e. The van der Waals surface area contributed by atoms with Gasteiger partial charge in [0.05, 0.1) is 5.56 Å². The zero-order valence-corrected chi connectivity index (χ0v) is 15.1. The number of amides is 1. The first-order valence-corrected chi connectivity index (χ1v) is 8.59. The summed E-state index contributed by atoms with van der Waals surface area (Å²) in [6, 6.07) is 11.0. The molecule has 7 heteroatoms. The van der Waals surface area contributed by atoms with Crippen molar-refractivity contribution in [3.05, 3.63) is 57.4 Å². The van der Waals surface area contributed by atoms with Gasteiger partial charge in [0, 0.05) is 10.5 Å². The highest BCUT2D eigenvalue weighted by Gasteiger charge is 2.18. The Hall–Kier alpha value is -2.43. The molecule has 0 aliphatic rings. The van der Waals surface area contributed by atoms with Crippen molar-refractivity contribution in [2.45, 2.75) is 13.0 Å². The van der Waals surface area contributed by atoms with Crippen molar-refractivity contribution in [1.82, 2.24) is 0 Å². The van der Waals surface area contributed by atoms with E-state index >= 15 is 0 Å². The summed E-state index contributed by atoms with van der Waals surface area (Å²) in [7, 11) is 0. The molecule has 2 rings (SSSR count). The molecule has 0 saturated heterocycles. The second-order valence-electron chi connectivity index (χ2n) is 4.73. The van der Waals surface area contributed by atoms with Gasteiger partial charge in [-0.1, -0.05) is 28.1 Å². The Balaban J connectivity index is 1.90. The number of anilines is 1. The number of carbonyl (C=O) groups is 2. The van der Waals surface area contributed by atoms with Crippen LogP contribution in [0.3, 0.4) is 0 Å². The average Bonchev–Trinajstić information content (AvgIpc) is 3.01. The fourth-order valence-corrected chi connectivity index (χ4v) is 2.72. The molecule has 0 aliphatic heterocycles. The van der Waals surface area contributed by atoms with Gasteiger partial charge in [-0.25, -0.2) is 4.79 Å². The standard InChI is InChI=1S/C17H13BrN2O3S/c1-11(16(22)20-17-13(10-19)8-9-24-17)23-15(21)7-4-12-2-5-14(18)6-3-12/h2-9,11H,1H3,(H,20,22)/b7-4+/t11-/m1/s1. The van der Waals surface area contributed by atoms with E-state index in [1.807, 2.05) is 30.3 Å². The van der Waals surface area contributed by atoms with Crippen molar-refractivity contribution in [1.29, 1.82) is 5.26 Å². The van der Waals surface area contributed by atoms with Gasteiger partial charge in [0.2, 0.25) is 0 Å². The number of thiophene rings is 1. The number of esters is 1. The number of rotatable bonds is 5. The van der Waals surface area contributed by atoms with Crippen LogP contribution in [0.2, 0.25) is 0 Å². The van der Waals surface area contributed by atoms with E-state index in [4.69, 9.17) is 10.00 Å². The number of nitriles is 1. The third kappa shape index (κ3) is 5.05. The van der Waals surface area contributed by atoms with Gasteiger partial charge >= 0.3 is 5.97 Å². The van der Waals surface area contributed by atoms with Crippen LogP contribution in [0.1, 0.15) is 18.1 Å². The summed E-state index contributed by atoms with van der Waals surface area (Å²) in [6.07, 6.45) is 1.89. The van der Waals surface area contributed by atoms with Gasteiger partial charge < -0.3 is 10.1 Å². The predicted molar refractivity (Wildman–Crippen MR) is 96.4 cm³/mol. The molecule has 1 amide bonds. The molecule has 0 saturated carbocycles. The quantitative estimate of drug-likeness (QED) is 0.603. The maximum absolute atomic E-state index is 12.0. The molecule has 1 aromatic heterocycles. The first kappa shape index (κ1) is 17.9. The minimum atomic E-state index is -0.972. The predicted octanol–water partition coefficient (Wildman–Crippen LogP) is 3.97. The Kier molecular flexibility index (Phi) is 6.29. The first-order chi connectivity index (χ1) is 11.5. The fourth-order valence-electron chi connectivity index (χ4n) is 1.71. The van der Waals surface area contributed by atoms with E-state index in [9.17, 15) is 9.59 Å². The second-order valence-corrected chi connectivity index (χ2v) is 6.56. The lowest BCUT2D eigenvalue weighted by atomic mass is 10.2. The Labute approximate surface area is 151 Å². The average molecular weight is 405 g/mol. The normalized spacial score (nSPS) is 11.7.